The van der Waals surface area contributed by atoms with Gasteiger partial charge in [0.15, 0.2) is 6.10 Å². The second kappa shape index (κ2) is 17.7. The Morgan fingerprint density at radius 2 is 1.71 bits per heavy atom. The third kappa shape index (κ3) is 15.5. The monoisotopic (exact) mass is 436 g/mol. The smallest absolute Gasteiger partial charge is 0.305 e. The summed E-state index contributed by atoms with van der Waals surface area (Å²) in [7, 11) is 0. The van der Waals surface area contributed by atoms with E-state index in [-0.39, 0.29) is 31.4 Å². The Morgan fingerprint density at radius 3 is 2.39 bits per heavy atom. The molecule has 6 heteroatoms. The van der Waals surface area contributed by atoms with Crippen LogP contribution in [-0.2, 0) is 23.8 Å². The molecule has 3 atom stereocenters. The number of epoxide rings is 1. The Morgan fingerprint density at radius 1 is 1.00 bits per heavy atom. The van der Waals surface area contributed by atoms with Crippen LogP contribution in [0.4, 0.5) is 0 Å². The number of allylic oxidation sites excluding steroid dienone is 5. The summed E-state index contributed by atoms with van der Waals surface area (Å²) < 4.78 is 15.5. The van der Waals surface area contributed by atoms with E-state index in [1.807, 2.05) is 0 Å². The molecule has 0 saturated carbocycles. The van der Waals surface area contributed by atoms with Crippen LogP contribution in [0.25, 0.3) is 0 Å². The van der Waals surface area contributed by atoms with E-state index in [4.69, 9.17) is 19.3 Å². The highest BCUT2D eigenvalue weighted by Crippen LogP contribution is 2.30. The van der Waals surface area contributed by atoms with Gasteiger partial charge in [-0.25, -0.2) is 0 Å². The summed E-state index contributed by atoms with van der Waals surface area (Å²) in [6.07, 6.45) is 22.6. The average molecular weight is 437 g/mol. The van der Waals surface area contributed by atoms with Crippen molar-refractivity contribution >= 4 is 11.9 Å². The zero-order chi connectivity index (χ0) is 22.7. The quantitative estimate of drug-likeness (QED) is 0.144. The van der Waals surface area contributed by atoms with Gasteiger partial charge in [-0.1, -0.05) is 56.2 Å². The lowest BCUT2D eigenvalue weighted by molar-refractivity contribution is -0.159. The normalized spacial score (nSPS) is 19.3. The molecule has 0 radical (unpaired) electrons. The molecule has 2 unspecified atom stereocenters. The maximum atomic E-state index is 11.7. The average Bonchev–Trinajstić information content (AvgIpc) is 3.49. The van der Waals surface area contributed by atoms with Gasteiger partial charge < -0.3 is 19.3 Å². The number of aliphatic hydroxyl groups is 1. The zero-order valence-corrected chi connectivity index (χ0v) is 19.2. The number of aliphatic hydroxyl groups excluding tert-OH is 1. The van der Waals surface area contributed by atoms with Crippen molar-refractivity contribution in [2.45, 2.75) is 96.4 Å². The van der Waals surface area contributed by atoms with Gasteiger partial charge in [-0.15, -0.1) is 0 Å². The molecule has 0 bridgehead atoms. The van der Waals surface area contributed by atoms with Gasteiger partial charge in [0.2, 0.25) is 0 Å². The van der Waals surface area contributed by atoms with Crippen molar-refractivity contribution in [1.82, 2.24) is 0 Å². The summed E-state index contributed by atoms with van der Waals surface area (Å²) in [5.74, 6) is -0.868. The van der Waals surface area contributed by atoms with Gasteiger partial charge in [0.05, 0.1) is 18.8 Å². The van der Waals surface area contributed by atoms with E-state index in [0.717, 1.165) is 25.7 Å². The summed E-state index contributed by atoms with van der Waals surface area (Å²) >= 11 is 0. The minimum atomic E-state index is -0.800. The predicted molar refractivity (Wildman–Crippen MR) is 122 cm³/mol. The summed E-state index contributed by atoms with van der Waals surface area (Å²) in [5, 5.41) is 9.06. The standard InChI is InChI=1S/C25H40O6/c1-3-4-5-6-7-8-9-10-11-12-13-14-16-23-24(31-23)17-15-18-25(28)29-20-22(19-26)30-21(2)27/h7-8,10-11,13-14,22-24,26H,3-6,9,12,15-20H2,1-2H3/b8-7-,11-10-,14-13-/t22-,23?,24?/m0/s1. The zero-order valence-electron chi connectivity index (χ0n) is 19.2. The Hall–Kier alpha value is -1.92. The van der Waals surface area contributed by atoms with Crippen LogP contribution in [0.2, 0.25) is 0 Å². The summed E-state index contributed by atoms with van der Waals surface area (Å²) in [6.45, 7) is 2.98. The molecular formula is C25H40O6. The fourth-order valence-corrected chi connectivity index (χ4v) is 3.11. The topological polar surface area (TPSA) is 85.4 Å². The van der Waals surface area contributed by atoms with Crippen LogP contribution in [-0.4, -0.2) is 48.6 Å². The third-order valence-corrected chi connectivity index (χ3v) is 4.91. The summed E-state index contributed by atoms with van der Waals surface area (Å²) in [6, 6.07) is 0. The minimum Gasteiger partial charge on any atom is -0.462 e. The molecule has 0 aromatic heterocycles. The van der Waals surface area contributed by atoms with Gasteiger partial charge in [0, 0.05) is 13.3 Å². The van der Waals surface area contributed by atoms with Crippen molar-refractivity contribution in [3.05, 3.63) is 36.5 Å². The molecule has 0 amide bonds. The van der Waals surface area contributed by atoms with Crippen LogP contribution >= 0.6 is 0 Å². The van der Waals surface area contributed by atoms with Crippen molar-refractivity contribution in [1.29, 1.82) is 0 Å². The molecule has 1 rings (SSSR count). The number of rotatable bonds is 18. The van der Waals surface area contributed by atoms with E-state index in [1.165, 1.54) is 32.6 Å². The third-order valence-electron chi connectivity index (χ3n) is 4.91. The van der Waals surface area contributed by atoms with Crippen molar-refractivity contribution in [2.24, 2.45) is 0 Å². The maximum absolute atomic E-state index is 11.7. The van der Waals surface area contributed by atoms with Crippen LogP contribution in [0.1, 0.15) is 78.1 Å². The van der Waals surface area contributed by atoms with Gasteiger partial charge in [-0.2, -0.15) is 0 Å². The first-order valence-corrected chi connectivity index (χ1v) is 11.6. The molecule has 0 aromatic rings. The summed E-state index contributed by atoms with van der Waals surface area (Å²) in [5.41, 5.74) is 0. The molecule has 6 nitrogen and oxygen atoms in total. The fourth-order valence-electron chi connectivity index (χ4n) is 3.11. The van der Waals surface area contributed by atoms with Crippen LogP contribution < -0.4 is 0 Å². The van der Waals surface area contributed by atoms with Crippen LogP contribution in [0.3, 0.4) is 0 Å². The first-order chi connectivity index (χ1) is 15.1. The summed E-state index contributed by atoms with van der Waals surface area (Å²) in [4.78, 5) is 22.6. The molecule has 1 aliphatic rings. The molecule has 176 valence electrons. The molecule has 1 saturated heterocycles. The molecule has 0 aliphatic carbocycles. The lowest BCUT2D eigenvalue weighted by Crippen LogP contribution is -2.27. The van der Waals surface area contributed by atoms with Crippen LogP contribution in [0.5, 0.6) is 0 Å². The Balaban J connectivity index is 1.98. The van der Waals surface area contributed by atoms with E-state index in [9.17, 15) is 9.59 Å². The van der Waals surface area contributed by atoms with E-state index >= 15 is 0 Å². The number of carbonyl (C=O) groups excluding carboxylic acids is 2. The fraction of sp³-hybridized carbons (Fsp3) is 0.680. The van der Waals surface area contributed by atoms with E-state index in [0.29, 0.717) is 12.8 Å². The number of carbonyl (C=O) groups is 2. The van der Waals surface area contributed by atoms with Gasteiger partial charge in [-0.3, -0.25) is 9.59 Å². The highest BCUT2D eigenvalue weighted by Gasteiger charge is 2.36. The highest BCUT2D eigenvalue weighted by molar-refractivity contribution is 5.69. The SMILES string of the molecule is CCCCC/C=C\C/C=C\C/C=C\CC1OC1CCCC(=O)OC[C@H](CO)OC(C)=O. The second-order valence-electron chi connectivity index (χ2n) is 7.82. The Labute approximate surface area is 187 Å². The lowest BCUT2D eigenvalue weighted by atomic mass is 10.1. The van der Waals surface area contributed by atoms with Crippen molar-refractivity contribution < 1.29 is 28.9 Å². The van der Waals surface area contributed by atoms with Crippen molar-refractivity contribution in [2.75, 3.05) is 13.2 Å². The minimum absolute atomic E-state index is 0.119. The molecule has 1 fully saturated rings. The molecule has 1 N–H and O–H groups in total. The predicted octanol–water partition coefficient (Wildman–Crippen LogP) is 4.81. The van der Waals surface area contributed by atoms with Gasteiger partial charge in [0.25, 0.3) is 0 Å². The Kier molecular flexibility index (Phi) is 15.5. The van der Waals surface area contributed by atoms with Crippen molar-refractivity contribution in [3.63, 3.8) is 0 Å². The van der Waals surface area contributed by atoms with E-state index < -0.39 is 12.1 Å². The first kappa shape index (κ1) is 27.1. The lowest BCUT2D eigenvalue weighted by Gasteiger charge is -2.14. The molecule has 0 aromatic carbocycles. The molecular weight excluding hydrogens is 396 g/mol. The Bertz CT molecular complexity index is 581. The van der Waals surface area contributed by atoms with Crippen LogP contribution in [0, 0.1) is 0 Å². The number of esters is 2. The molecule has 1 aliphatic heterocycles. The number of ether oxygens (including phenoxy) is 3. The first-order valence-electron chi connectivity index (χ1n) is 11.6. The molecule has 0 spiro atoms. The molecule has 1 heterocycles. The number of unbranched alkanes of at least 4 members (excludes halogenated alkanes) is 3. The highest BCUT2D eigenvalue weighted by atomic mass is 16.6. The van der Waals surface area contributed by atoms with E-state index in [1.54, 1.807) is 0 Å². The van der Waals surface area contributed by atoms with E-state index in [2.05, 4.69) is 43.4 Å². The van der Waals surface area contributed by atoms with Gasteiger partial charge in [0.1, 0.15) is 6.61 Å². The second-order valence-corrected chi connectivity index (χ2v) is 7.82. The van der Waals surface area contributed by atoms with Crippen LogP contribution in [0.15, 0.2) is 36.5 Å². The molecule has 31 heavy (non-hydrogen) atoms. The number of hydrogen-bond acceptors (Lipinski definition) is 6. The number of hydrogen-bond donors (Lipinski definition) is 1. The largest absolute Gasteiger partial charge is 0.462 e. The van der Waals surface area contributed by atoms with Gasteiger partial charge in [-0.05, 0) is 44.9 Å². The van der Waals surface area contributed by atoms with Crippen molar-refractivity contribution in [3.8, 4) is 0 Å². The van der Waals surface area contributed by atoms with Gasteiger partial charge >= 0.3 is 11.9 Å². The maximum Gasteiger partial charge on any atom is 0.305 e.